The zero-order valence-electron chi connectivity index (χ0n) is 12.4. The molecule has 1 fully saturated rings. The summed E-state index contributed by atoms with van der Waals surface area (Å²) in [5, 5.41) is 5.18. The lowest BCUT2D eigenvalue weighted by Crippen LogP contribution is -2.52. The molecule has 7 heteroatoms. The van der Waals surface area contributed by atoms with Crippen LogP contribution in [0.1, 0.15) is 26.8 Å². The number of ether oxygens (including phenoxy) is 1. The van der Waals surface area contributed by atoms with Crippen molar-refractivity contribution >= 4 is 22.8 Å². The van der Waals surface area contributed by atoms with E-state index in [1.165, 1.54) is 0 Å². The predicted molar refractivity (Wildman–Crippen MR) is 78.8 cm³/mol. The van der Waals surface area contributed by atoms with Crippen molar-refractivity contribution < 1.29 is 9.53 Å². The van der Waals surface area contributed by atoms with E-state index in [0.29, 0.717) is 18.8 Å². The number of aromatic nitrogens is 3. The van der Waals surface area contributed by atoms with Crippen molar-refractivity contribution in [2.45, 2.75) is 32.4 Å². The third-order valence-electron chi connectivity index (χ3n) is 3.39. The zero-order chi connectivity index (χ0) is 15.2. The summed E-state index contributed by atoms with van der Waals surface area (Å²) in [4.78, 5) is 17.9. The molecule has 2 aromatic heterocycles. The van der Waals surface area contributed by atoms with Gasteiger partial charge >= 0.3 is 6.09 Å². The van der Waals surface area contributed by atoms with Gasteiger partial charge in [-0.15, -0.1) is 0 Å². The Bertz CT molecular complexity index is 682. The lowest BCUT2D eigenvalue weighted by atomic mass is 10.1. The van der Waals surface area contributed by atoms with E-state index in [9.17, 15) is 4.79 Å². The average Bonchev–Trinajstić information content (AvgIpc) is 2.70. The van der Waals surface area contributed by atoms with E-state index in [1.807, 2.05) is 25.5 Å². The van der Waals surface area contributed by atoms with Crippen LogP contribution in [-0.2, 0) is 4.74 Å². The Balaban J connectivity index is 1.71. The number of likely N-dealkylation sites (tertiary alicyclic amines) is 1. The molecule has 3 rings (SSSR count). The van der Waals surface area contributed by atoms with E-state index in [0.717, 1.165) is 11.0 Å². The molecule has 3 heterocycles. The number of rotatable bonds is 1. The predicted octanol–water partition coefficient (Wildman–Crippen LogP) is 1.81. The summed E-state index contributed by atoms with van der Waals surface area (Å²) in [5.74, 6) is 0. The third-order valence-corrected chi connectivity index (χ3v) is 3.39. The lowest BCUT2D eigenvalue weighted by Gasteiger charge is -2.39. The van der Waals surface area contributed by atoms with Crippen molar-refractivity contribution in [1.29, 1.82) is 0 Å². The molecule has 1 amide bonds. The van der Waals surface area contributed by atoms with Gasteiger partial charge in [-0.1, -0.05) is 0 Å². The second-order valence-corrected chi connectivity index (χ2v) is 6.27. The van der Waals surface area contributed by atoms with Gasteiger partial charge in [0.1, 0.15) is 5.60 Å². The molecular weight excluding hydrogens is 270 g/mol. The minimum Gasteiger partial charge on any atom is -0.444 e. The minimum absolute atomic E-state index is 0.115. The molecule has 2 N–H and O–H groups in total. The Labute approximate surface area is 122 Å². The molecule has 0 aromatic carbocycles. The molecule has 0 spiro atoms. The van der Waals surface area contributed by atoms with Crippen LogP contribution in [0.2, 0.25) is 0 Å². The molecule has 0 unspecified atom stereocenters. The van der Waals surface area contributed by atoms with Gasteiger partial charge in [-0.3, -0.25) is 0 Å². The number of carbonyl (C=O) groups excluding carboxylic acids is 1. The molecule has 112 valence electrons. The first-order valence-corrected chi connectivity index (χ1v) is 6.91. The van der Waals surface area contributed by atoms with Gasteiger partial charge in [-0.25, -0.2) is 14.5 Å². The van der Waals surface area contributed by atoms with Crippen LogP contribution in [0.25, 0.3) is 11.0 Å². The summed E-state index contributed by atoms with van der Waals surface area (Å²) in [5.41, 5.74) is 6.84. The molecular formula is C14H19N5O2. The van der Waals surface area contributed by atoms with Crippen molar-refractivity contribution in [3.05, 3.63) is 18.5 Å². The number of fused-ring (bicyclic) bond motifs is 1. The fraction of sp³-hybridized carbons (Fsp3) is 0.500. The van der Waals surface area contributed by atoms with Crippen LogP contribution in [-0.4, -0.2) is 44.4 Å². The summed E-state index contributed by atoms with van der Waals surface area (Å²) in [7, 11) is 0. The Kier molecular flexibility index (Phi) is 3.00. The van der Waals surface area contributed by atoms with Gasteiger partial charge in [-0.05, 0) is 26.8 Å². The number of hydrogen-bond donors (Lipinski definition) is 1. The maximum absolute atomic E-state index is 11.9. The Hall–Kier alpha value is -2.31. The topological polar surface area (TPSA) is 86.3 Å². The van der Waals surface area contributed by atoms with Gasteiger partial charge in [0.2, 0.25) is 0 Å². The summed E-state index contributed by atoms with van der Waals surface area (Å²) < 4.78 is 7.16. The van der Waals surface area contributed by atoms with E-state index >= 15 is 0 Å². The first kappa shape index (κ1) is 13.7. The molecule has 0 bridgehead atoms. The van der Waals surface area contributed by atoms with Crippen LogP contribution < -0.4 is 5.73 Å². The highest BCUT2D eigenvalue weighted by Gasteiger charge is 2.36. The number of carbonyl (C=O) groups is 1. The Morgan fingerprint density at radius 2 is 2.14 bits per heavy atom. The molecule has 7 nitrogen and oxygen atoms in total. The maximum atomic E-state index is 11.9. The molecule has 0 aliphatic carbocycles. The van der Waals surface area contributed by atoms with E-state index in [4.69, 9.17) is 10.5 Å². The van der Waals surface area contributed by atoms with E-state index < -0.39 is 5.60 Å². The van der Waals surface area contributed by atoms with E-state index in [1.54, 1.807) is 23.4 Å². The smallest absolute Gasteiger partial charge is 0.410 e. The number of nitrogens with zero attached hydrogens (tertiary/aromatic N) is 4. The number of anilines is 1. The van der Waals surface area contributed by atoms with Crippen molar-refractivity contribution in [2.24, 2.45) is 0 Å². The third kappa shape index (κ3) is 2.51. The van der Waals surface area contributed by atoms with E-state index in [-0.39, 0.29) is 12.1 Å². The van der Waals surface area contributed by atoms with Gasteiger partial charge in [0.15, 0.2) is 5.65 Å². The molecule has 1 saturated heterocycles. The fourth-order valence-electron chi connectivity index (χ4n) is 2.32. The number of nitrogen functional groups attached to an aromatic ring is 1. The van der Waals surface area contributed by atoms with Crippen molar-refractivity contribution in [3.8, 4) is 0 Å². The van der Waals surface area contributed by atoms with Gasteiger partial charge in [0.05, 0.1) is 17.6 Å². The lowest BCUT2D eigenvalue weighted by molar-refractivity contribution is 0.0000869. The molecule has 0 radical (unpaired) electrons. The maximum Gasteiger partial charge on any atom is 0.410 e. The molecule has 1 aliphatic heterocycles. The van der Waals surface area contributed by atoms with Gasteiger partial charge < -0.3 is 15.4 Å². The molecule has 21 heavy (non-hydrogen) atoms. The fourth-order valence-corrected chi connectivity index (χ4v) is 2.32. The highest BCUT2D eigenvalue weighted by atomic mass is 16.6. The SMILES string of the molecule is CC(C)(C)OC(=O)N1CC(n2ncc3c(N)ccnc32)C1. The average molecular weight is 289 g/mol. The molecule has 1 aliphatic rings. The monoisotopic (exact) mass is 289 g/mol. The van der Waals surface area contributed by atoms with Gasteiger partial charge in [0.25, 0.3) is 0 Å². The van der Waals surface area contributed by atoms with E-state index in [2.05, 4.69) is 10.1 Å². The largest absolute Gasteiger partial charge is 0.444 e. The number of nitrogens with two attached hydrogens (primary N) is 1. The molecule has 0 saturated carbocycles. The standard InChI is InChI=1S/C14H19N5O2/c1-14(2,3)21-13(20)18-7-9(8-18)19-12-10(6-17-19)11(15)4-5-16-12/h4-6,9H,7-8H2,1-3H3,(H2,15,16). The first-order chi connectivity index (χ1) is 9.85. The van der Waals surface area contributed by atoms with Crippen LogP contribution in [0.4, 0.5) is 10.5 Å². The second kappa shape index (κ2) is 4.61. The summed E-state index contributed by atoms with van der Waals surface area (Å²) in [6.45, 7) is 6.71. The second-order valence-electron chi connectivity index (χ2n) is 6.27. The Morgan fingerprint density at radius 1 is 1.43 bits per heavy atom. The summed E-state index contributed by atoms with van der Waals surface area (Å²) in [6, 6.07) is 1.87. The van der Waals surface area contributed by atoms with Crippen LogP contribution in [0.15, 0.2) is 18.5 Å². The normalized spacial score (nSPS) is 16.0. The number of pyridine rings is 1. The van der Waals surface area contributed by atoms with Crippen LogP contribution in [0.5, 0.6) is 0 Å². The summed E-state index contributed by atoms with van der Waals surface area (Å²) >= 11 is 0. The zero-order valence-corrected chi connectivity index (χ0v) is 12.4. The highest BCUT2D eigenvalue weighted by Crippen LogP contribution is 2.27. The number of amides is 1. The van der Waals surface area contributed by atoms with Crippen molar-refractivity contribution in [3.63, 3.8) is 0 Å². The first-order valence-electron chi connectivity index (χ1n) is 6.91. The van der Waals surface area contributed by atoms with Crippen LogP contribution in [0, 0.1) is 0 Å². The Morgan fingerprint density at radius 3 is 2.81 bits per heavy atom. The highest BCUT2D eigenvalue weighted by molar-refractivity contribution is 5.87. The van der Waals surface area contributed by atoms with Crippen LogP contribution in [0.3, 0.4) is 0 Å². The molecule has 0 atom stereocenters. The summed E-state index contributed by atoms with van der Waals surface area (Å²) in [6.07, 6.45) is 3.09. The quantitative estimate of drug-likeness (QED) is 0.865. The van der Waals surface area contributed by atoms with Gasteiger partial charge in [-0.2, -0.15) is 5.10 Å². The van der Waals surface area contributed by atoms with Crippen molar-refractivity contribution in [1.82, 2.24) is 19.7 Å². The number of hydrogen-bond acceptors (Lipinski definition) is 5. The van der Waals surface area contributed by atoms with Crippen molar-refractivity contribution in [2.75, 3.05) is 18.8 Å². The van der Waals surface area contributed by atoms with Crippen LogP contribution >= 0.6 is 0 Å². The van der Waals surface area contributed by atoms with Gasteiger partial charge in [0, 0.05) is 25.0 Å². The molecule has 2 aromatic rings. The minimum atomic E-state index is -0.476.